The Morgan fingerprint density at radius 1 is 1.16 bits per heavy atom. The number of methoxy groups -OCH3 is 1. The second-order valence-corrected chi connectivity index (χ2v) is 9.32. The van der Waals surface area contributed by atoms with E-state index in [1.54, 1.807) is 7.11 Å². The zero-order chi connectivity index (χ0) is 22.9. The van der Waals surface area contributed by atoms with Gasteiger partial charge in [0.15, 0.2) is 0 Å². The van der Waals surface area contributed by atoms with Gasteiger partial charge in [0.05, 0.1) is 31.5 Å². The Balaban J connectivity index is 1.91. The summed E-state index contributed by atoms with van der Waals surface area (Å²) in [5.41, 5.74) is 2.93. The predicted octanol–water partition coefficient (Wildman–Crippen LogP) is 4.53. The highest BCUT2D eigenvalue weighted by atomic mass is 32.2. The van der Waals surface area contributed by atoms with Crippen molar-refractivity contribution < 1.29 is 29.6 Å². The van der Waals surface area contributed by atoms with Crippen molar-refractivity contribution in [3.8, 4) is 11.5 Å². The van der Waals surface area contributed by atoms with Crippen molar-refractivity contribution in [1.82, 2.24) is 0 Å². The van der Waals surface area contributed by atoms with Gasteiger partial charge in [-0.15, -0.1) is 0 Å². The highest BCUT2D eigenvalue weighted by Crippen LogP contribution is 2.45. The SMILES string of the molecule is COc1ccc(COc2c(C3CCCC3)cccc2C(SCCC(=O)O)C(O)CO)cc1. The molecular formula is C25H32O6S. The number of ether oxygens (including phenoxy) is 2. The minimum absolute atomic E-state index is 0.0102. The number of aliphatic hydroxyl groups excluding tert-OH is 2. The predicted molar refractivity (Wildman–Crippen MR) is 126 cm³/mol. The van der Waals surface area contributed by atoms with Crippen LogP contribution in [0.15, 0.2) is 42.5 Å². The molecule has 2 atom stereocenters. The molecule has 2 aromatic rings. The van der Waals surface area contributed by atoms with Crippen LogP contribution in [0.4, 0.5) is 0 Å². The van der Waals surface area contributed by atoms with Gasteiger partial charge in [-0.25, -0.2) is 0 Å². The summed E-state index contributed by atoms with van der Waals surface area (Å²) < 4.78 is 11.6. The normalized spacial score (nSPS) is 16.0. The number of carboxylic acid groups (broad SMARTS) is 1. The third-order valence-corrected chi connectivity index (χ3v) is 7.24. The Morgan fingerprint density at radius 2 is 1.88 bits per heavy atom. The Labute approximate surface area is 193 Å². The van der Waals surface area contributed by atoms with Crippen LogP contribution in [0.25, 0.3) is 0 Å². The number of rotatable bonds is 12. The average molecular weight is 461 g/mol. The number of hydrogen-bond donors (Lipinski definition) is 3. The second-order valence-electron chi connectivity index (χ2n) is 8.07. The number of thioether (sulfide) groups is 1. The Hall–Kier alpha value is -2.22. The summed E-state index contributed by atoms with van der Waals surface area (Å²) in [6, 6.07) is 13.7. The van der Waals surface area contributed by atoms with E-state index in [0.717, 1.165) is 41.0 Å². The first kappa shape index (κ1) is 24.4. The molecule has 0 aromatic heterocycles. The Bertz CT molecular complexity index is 863. The highest BCUT2D eigenvalue weighted by molar-refractivity contribution is 7.99. The van der Waals surface area contributed by atoms with E-state index < -0.39 is 23.9 Å². The van der Waals surface area contributed by atoms with Crippen molar-refractivity contribution in [2.75, 3.05) is 19.5 Å². The van der Waals surface area contributed by atoms with Gasteiger partial charge in [0, 0.05) is 11.3 Å². The van der Waals surface area contributed by atoms with E-state index in [1.807, 2.05) is 36.4 Å². The number of benzene rings is 2. The topological polar surface area (TPSA) is 96.2 Å². The molecule has 0 amide bonds. The summed E-state index contributed by atoms with van der Waals surface area (Å²) in [5, 5.41) is 28.8. The van der Waals surface area contributed by atoms with E-state index in [0.29, 0.717) is 18.3 Å². The molecule has 2 unspecified atom stereocenters. The first-order valence-electron chi connectivity index (χ1n) is 11.0. The van der Waals surface area contributed by atoms with Crippen molar-refractivity contribution in [2.45, 2.75) is 56.0 Å². The molecule has 32 heavy (non-hydrogen) atoms. The monoisotopic (exact) mass is 460 g/mol. The maximum Gasteiger partial charge on any atom is 0.304 e. The van der Waals surface area contributed by atoms with Gasteiger partial charge >= 0.3 is 5.97 Å². The van der Waals surface area contributed by atoms with Crippen molar-refractivity contribution in [1.29, 1.82) is 0 Å². The van der Waals surface area contributed by atoms with Gasteiger partial charge in [-0.3, -0.25) is 4.79 Å². The van der Waals surface area contributed by atoms with Crippen LogP contribution < -0.4 is 9.47 Å². The fourth-order valence-corrected chi connectivity index (χ4v) is 5.40. The zero-order valence-corrected chi connectivity index (χ0v) is 19.2. The van der Waals surface area contributed by atoms with Crippen LogP contribution in [-0.4, -0.2) is 46.9 Å². The number of para-hydroxylation sites is 1. The van der Waals surface area contributed by atoms with E-state index in [1.165, 1.54) is 24.6 Å². The molecule has 3 N–H and O–H groups in total. The van der Waals surface area contributed by atoms with Crippen LogP contribution in [0.2, 0.25) is 0 Å². The lowest BCUT2D eigenvalue weighted by molar-refractivity contribution is -0.136. The van der Waals surface area contributed by atoms with Gasteiger partial charge in [-0.2, -0.15) is 11.8 Å². The number of aliphatic carboxylic acids is 1. The maximum atomic E-state index is 11.0. The number of carboxylic acids is 1. The molecule has 1 aliphatic rings. The summed E-state index contributed by atoms with van der Waals surface area (Å²) >= 11 is 1.34. The average Bonchev–Trinajstić information content (AvgIpc) is 3.35. The molecular weight excluding hydrogens is 428 g/mol. The van der Waals surface area contributed by atoms with E-state index in [4.69, 9.17) is 14.6 Å². The van der Waals surface area contributed by atoms with Crippen LogP contribution >= 0.6 is 11.8 Å². The van der Waals surface area contributed by atoms with Gasteiger partial charge in [0.1, 0.15) is 18.1 Å². The smallest absolute Gasteiger partial charge is 0.304 e. The molecule has 1 fully saturated rings. The highest BCUT2D eigenvalue weighted by Gasteiger charge is 2.29. The van der Waals surface area contributed by atoms with E-state index in [2.05, 4.69) is 6.07 Å². The van der Waals surface area contributed by atoms with Gasteiger partial charge in [0.2, 0.25) is 0 Å². The van der Waals surface area contributed by atoms with Crippen molar-refractivity contribution in [3.05, 3.63) is 59.2 Å². The Morgan fingerprint density at radius 3 is 2.50 bits per heavy atom. The molecule has 3 rings (SSSR count). The summed E-state index contributed by atoms with van der Waals surface area (Å²) in [7, 11) is 1.63. The number of hydrogen-bond acceptors (Lipinski definition) is 6. The van der Waals surface area contributed by atoms with Crippen molar-refractivity contribution >= 4 is 17.7 Å². The third kappa shape index (κ3) is 6.40. The fourth-order valence-electron chi connectivity index (χ4n) is 4.18. The molecule has 0 radical (unpaired) electrons. The first-order valence-corrected chi connectivity index (χ1v) is 12.1. The van der Waals surface area contributed by atoms with Crippen molar-refractivity contribution in [3.63, 3.8) is 0 Å². The lowest BCUT2D eigenvalue weighted by atomic mass is 9.92. The van der Waals surface area contributed by atoms with E-state index >= 15 is 0 Å². The van der Waals surface area contributed by atoms with Gasteiger partial charge < -0.3 is 24.8 Å². The van der Waals surface area contributed by atoms with Crippen LogP contribution in [0.1, 0.15) is 60.0 Å². The molecule has 0 spiro atoms. The van der Waals surface area contributed by atoms with Crippen molar-refractivity contribution in [2.24, 2.45) is 0 Å². The second kappa shape index (κ2) is 12.1. The van der Waals surface area contributed by atoms with Crippen LogP contribution in [-0.2, 0) is 11.4 Å². The largest absolute Gasteiger partial charge is 0.497 e. The first-order chi connectivity index (χ1) is 15.5. The lowest BCUT2D eigenvalue weighted by Gasteiger charge is -2.27. The van der Waals surface area contributed by atoms with Gasteiger partial charge in [-0.1, -0.05) is 43.2 Å². The maximum absolute atomic E-state index is 11.0. The fraction of sp³-hybridized carbons (Fsp3) is 0.480. The van der Waals surface area contributed by atoms with Crippen LogP contribution in [0, 0.1) is 0 Å². The molecule has 0 bridgehead atoms. The molecule has 174 valence electrons. The lowest BCUT2D eigenvalue weighted by Crippen LogP contribution is -2.22. The summed E-state index contributed by atoms with van der Waals surface area (Å²) in [6.07, 6.45) is 3.54. The quantitative estimate of drug-likeness (QED) is 0.428. The van der Waals surface area contributed by atoms with E-state index in [9.17, 15) is 15.0 Å². The summed E-state index contributed by atoms with van der Waals surface area (Å²) in [4.78, 5) is 11.0. The molecule has 0 aliphatic heterocycles. The summed E-state index contributed by atoms with van der Waals surface area (Å²) in [5.74, 6) is 1.38. The van der Waals surface area contributed by atoms with Crippen LogP contribution in [0.3, 0.4) is 0 Å². The third-order valence-electron chi connectivity index (χ3n) is 5.87. The van der Waals surface area contributed by atoms with Gasteiger partial charge in [-0.05, 0) is 42.0 Å². The van der Waals surface area contributed by atoms with Crippen LogP contribution in [0.5, 0.6) is 11.5 Å². The molecule has 0 heterocycles. The minimum Gasteiger partial charge on any atom is -0.497 e. The Kier molecular flexibility index (Phi) is 9.26. The van der Waals surface area contributed by atoms with E-state index in [-0.39, 0.29) is 6.42 Å². The zero-order valence-electron chi connectivity index (χ0n) is 18.4. The molecule has 6 nitrogen and oxygen atoms in total. The minimum atomic E-state index is -1.02. The molecule has 7 heteroatoms. The molecule has 1 saturated carbocycles. The molecule has 2 aromatic carbocycles. The van der Waals surface area contributed by atoms with Gasteiger partial charge in [0.25, 0.3) is 0 Å². The number of aliphatic hydroxyl groups is 2. The molecule has 1 aliphatic carbocycles. The summed E-state index contributed by atoms with van der Waals surface area (Å²) in [6.45, 7) is -0.0429. The standard InChI is InChI=1S/C25H32O6S/c1-30-19-11-9-17(10-12-19)16-31-24-20(18-5-2-3-6-18)7-4-8-21(24)25(22(27)15-26)32-14-13-23(28)29/h4,7-12,18,22,25-27H,2-3,5-6,13-16H2,1H3,(H,28,29). The molecule has 0 saturated heterocycles. The number of carbonyl (C=O) groups is 1.